The molecule has 0 atom stereocenters. The summed E-state index contributed by atoms with van der Waals surface area (Å²) in [5.74, 6) is -0.697. The van der Waals surface area contributed by atoms with Crippen molar-refractivity contribution < 1.29 is 14.3 Å². The third-order valence-corrected chi connectivity index (χ3v) is 5.97. The van der Waals surface area contributed by atoms with Gasteiger partial charge in [-0.1, -0.05) is 22.9 Å². The number of esters is 1. The molecule has 0 aliphatic heterocycles. The average molecular weight is 416 g/mol. The lowest BCUT2D eigenvalue weighted by molar-refractivity contribution is 0.0531. The highest BCUT2D eigenvalue weighted by Crippen LogP contribution is 2.32. The van der Waals surface area contributed by atoms with Gasteiger partial charge in [-0.15, -0.1) is 0 Å². The number of aromatic nitrogens is 2. The first-order valence-electron chi connectivity index (χ1n) is 9.04. The lowest BCUT2D eigenvalue weighted by Gasteiger charge is -2.12. The number of nitrogens with zero attached hydrogens (tertiary/aromatic N) is 2. The zero-order chi connectivity index (χ0) is 19.8. The van der Waals surface area contributed by atoms with Crippen LogP contribution in [0.25, 0.3) is 10.9 Å². The molecule has 1 N–H and O–H groups in total. The monoisotopic (exact) mass is 415 g/mol. The summed E-state index contributed by atoms with van der Waals surface area (Å²) in [7, 11) is 0. The topological polar surface area (TPSA) is 81.2 Å². The van der Waals surface area contributed by atoms with Crippen molar-refractivity contribution in [2.45, 2.75) is 33.1 Å². The van der Waals surface area contributed by atoms with Crippen LogP contribution in [-0.4, -0.2) is 28.5 Å². The largest absolute Gasteiger partial charge is 0.462 e. The molecule has 28 heavy (non-hydrogen) atoms. The number of carbonyl (C=O) groups is 2. The minimum absolute atomic E-state index is 0.267. The molecule has 144 valence electrons. The molecule has 2 aromatic heterocycles. The van der Waals surface area contributed by atoms with Crippen molar-refractivity contribution in [1.82, 2.24) is 9.97 Å². The molecule has 1 aliphatic rings. The fourth-order valence-electron chi connectivity index (χ4n) is 3.49. The maximum absolute atomic E-state index is 13.2. The lowest BCUT2D eigenvalue weighted by Crippen LogP contribution is -2.15. The minimum atomic E-state index is -0.431. The van der Waals surface area contributed by atoms with Crippen LogP contribution in [-0.2, 0) is 17.6 Å². The number of fused-ring (bicyclic) bond motifs is 2. The molecule has 2 heterocycles. The van der Waals surface area contributed by atoms with E-state index in [1.54, 1.807) is 26.0 Å². The quantitative estimate of drug-likeness (QED) is 0.631. The van der Waals surface area contributed by atoms with Gasteiger partial charge >= 0.3 is 5.97 Å². The Balaban J connectivity index is 1.73. The Morgan fingerprint density at radius 2 is 2.11 bits per heavy atom. The van der Waals surface area contributed by atoms with Crippen molar-refractivity contribution in [3.05, 3.63) is 50.6 Å². The van der Waals surface area contributed by atoms with Crippen LogP contribution in [0.3, 0.4) is 0 Å². The second kappa shape index (κ2) is 7.48. The van der Waals surface area contributed by atoms with Gasteiger partial charge in [-0.05, 0) is 56.9 Å². The maximum Gasteiger partial charge on any atom is 0.350 e. The third kappa shape index (κ3) is 3.36. The molecular formula is C20H18ClN3O3S. The van der Waals surface area contributed by atoms with E-state index in [2.05, 4.69) is 10.3 Å². The van der Waals surface area contributed by atoms with Gasteiger partial charge in [-0.3, -0.25) is 15.1 Å². The molecule has 0 saturated carbocycles. The van der Waals surface area contributed by atoms with Crippen LogP contribution < -0.4 is 5.32 Å². The van der Waals surface area contributed by atoms with Gasteiger partial charge in [0.05, 0.1) is 23.4 Å². The average Bonchev–Trinajstić information content (AvgIpc) is 3.25. The molecule has 8 heteroatoms. The fourth-order valence-corrected chi connectivity index (χ4v) is 4.52. The Labute approximate surface area is 170 Å². The van der Waals surface area contributed by atoms with E-state index in [0.29, 0.717) is 26.3 Å². The highest BCUT2D eigenvalue weighted by atomic mass is 35.5. The number of hydrogen-bond acceptors (Lipinski definition) is 6. The van der Waals surface area contributed by atoms with Crippen molar-refractivity contribution in [3.8, 4) is 0 Å². The molecule has 0 spiro atoms. The van der Waals surface area contributed by atoms with Crippen molar-refractivity contribution in [2.24, 2.45) is 0 Å². The number of amides is 1. The zero-order valence-electron chi connectivity index (χ0n) is 15.5. The number of pyridine rings is 1. The van der Waals surface area contributed by atoms with Gasteiger partial charge in [-0.25, -0.2) is 9.78 Å². The second-order valence-corrected chi connectivity index (χ2v) is 7.97. The van der Waals surface area contributed by atoms with Gasteiger partial charge in [-0.2, -0.15) is 0 Å². The van der Waals surface area contributed by atoms with E-state index >= 15 is 0 Å². The maximum atomic E-state index is 13.2. The molecule has 6 nitrogen and oxygen atoms in total. The normalized spacial score (nSPS) is 12.8. The molecular weight excluding hydrogens is 398 g/mol. The summed E-state index contributed by atoms with van der Waals surface area (Å²) >= 11 is 7.29. The van der Waals surface area contributed by atoms with Crippen LogP contribution in [0.15, 0.2) is 18.2 Å². The number of halogens is 1. The summed E-state index contributed by atoms with van der Waals surface area (Å²) < 4.78 is 5.04. The zero-order valence-corrected chi connectivity index (χ0v) is 17.0. The first-order chi connectivity index (χ1) is 13.5. The predicted molar refractivity (Wildman–Crippen MR) is 110 cm³/mol. The minimum Gasteiger partial charge on any atom is -0.462 e. The Bertz CT molecular complexity index is 1110. The summed E-state index contributed by atoms with van der Waals surface area (Å²) in [6.45, 7) is 3.75. The molecule has 0 radical (unpaired) electrons. The molecule has 3 aromatic rings. The fraction of sp³-hybridized carbons (Fsp3) is 0.300. The van der Waals surface area contributed by atoms with E-state index in [1.165, 1.54) is 0 Å². The van der Waals surface area contributed by atoms with Gasteiger partial charge in [0, 0.05) is 16.1 Å². The van der Waals surface area contributed by atoms with Gasteiger partial charge in [0.2, 0.25) is 0 Å². The first kappa shape index (κ1) is 18.8. The van der Waals surface area contributed by atoms with Crippen molar-refractivity contribution in [1.29, 1.82) is 0 Å². The van der Waals surface area contributed by atoms with Gasteiger partial charge in [0.15, 0.2) is 5.13 Å². The number of thiazole rings is 1. The predicted octanol–water partition coefficient (Wildman–Crippen LogP) is 4.57. The van der Waals surface area contributed by atoms with E-state index in [4.69, 9.17) is 21.3 Å². The first-order valence-corrected chi connectivity index (χ1v) is 10.2. The van der Waals surface area contributed by atoms with Crippen LogP contribution >= 0.6 is 22.9 Å². The smallest absolute Gasteiger partial charge is 0.350 e. The molecule has 0 saturated heterocycles. The molecule has 4 rings (SSSR count). The van der Waals surface area contributed by atoms with E-state index < -0.39 is 5.97 Å². The summed E-state index contributed by atoms with van der Waals surface area (Å²) in [4.78, 5) is 34.6. The SMILES string of the molecule is CCOC(=O)c1sc(NC(=O)c2c3c(nc4ccc(Cl)cc24)CCC3)nc1C. The highest BCUT2D eigenvalue weighted by molar-refractivity contribution is 7.17. The number of anilines is 1. The number of hydrogen-bond donors (Lipinski definition) is 1. The van der Waals surface area contributed by atoms with Gasteiger partial charge in [0.1, 0.15) is 4.88 Å². The molecule has 0 bridgehead atoms. The standard InChI is InChI=1S/C20H18ClN3O3S/c1-3-27-19(26)17-10(2)22-20(28-17)24-18(25)16-12-5-4-6-14(12)23-15-8-7-11(21)9-13(15)16/h7-9H,3-6H2,1-2H3,(H,22,24,25). The molecule has 1 aliphatic carbocycles. The van der Waals surface area contributed by atoms with E-state index in [1.807, 2.05) is 6.07 Å². The molecule has 1 amide bonds. The van der Waals surface area contributed by atoms with Crippen molar-refractivity contribution in [2.75, 3.05) is 11.9 Å². The van der Waals surface area contributed by atoms with Crippen LogP contribution in [0.4, 0.5) is 5.13 Å². The van der Waals surface area contributed by atoms with Gasteiger partial charge in [0.25, 0.3) is 5.91 Å². The summed E-state index contributed by atoms with van der Waals surface area (Å²) in [6, 6.07) is 5.38. The Morgan fingerprint density at radius 3 is 2.89 bits per heavy atom. The van der Waals surface area contributed by atoms with Gasteiger partial charge < -0.3 is 4.74 Å². The molecule has 1 aromatic carbocycles. The number of rotatable bonds is 4. The van der Waals surface area contributed by atoms with Crippen LogP contribution in [0.1, 0.15) is 50.3 Å². The highest BCUT2D eigenvalue weighted by Gasteiger charge is 2.25. The summed E-state index contributed by atoms with van der Waals surface area (Å²) in [6.07, 6.45) is 2.63. The number of benzene rings is 1. The van der Waals surface area contributed by atoms with Crippen LogP contribution in [0.5, 0.6) is 0 Å². The number of ether oxygens (including phenoxy) is 1. The summed E-state index contributed by atoms with van der Waals surface area (Å²) in [5.41, 5.74) is 3.79. The summed E-state index contributed by atoms with van der Waals surface area (Å²) in [5, 5.41) is 4.49. The number of aryl methyl sites for hydroxylation is 2. The van der Waals surface area contributed by atoms with E-state index in [-0.39, 0.29) is 12.5 Å². The van der Waals surface area contributed by atoms with E-state index in [9.17, 15) is 9.59 Å². The second-order valence-electron chi connectivity index (χ2n) is 6.54. The molecule has 0 unspecified atom stereocenters. The van der Waals surface area contributed by atoms with Crippen LogP contribution in [0.2, 0.25) is 5.02 Å². The number of carbonyl (C=O) groups excluding carboxylic acids is 2. The van der Waals surface area contributed by atoms with Crippen molar-refractivity contribution in [3.63, 3.8) is 0 Å². The van der Waals surface area contributed by atoms with E-state index in [0.717, 1.165) is 52.8 Å². The van der Waals surface area contributed by atoms with Crippen molar-refractivity contribution >= 4 is 50.8 Å². The Kier molecular flexibility index (Phi) is 5.03. The lowest BCUT2D eigenvalue weighted by atomic mass is 10.0. The third-order valence-electron chi connectivity index (χ3n) is 4.68. The Morgan fingerprint density at radius 1 is 1.29 bits per heavy atom. The number of nitrogens with one attached hydrogen (secondary N) is 1. The molecule has 0 fully saturated rings. The van der Waals surface area contributed by atoms with Crippen LogP contribution in [0, 0.1) is 6.92 Å². The Hall–Kier alpha value is -2.51.